The van der Waals surface area contributed by atoms with E-state index in [0.717, 1.165) is 30.3 Å². The Kier molecular flexibility index (Phi) is 3.80. The Hall–Kier alpha value is -2.62. The first-order valence-electron chi connectivity index (χ1n) is 5.65. The summed E-state index contributed by atoms with van der Waals surface area (Å²) in [4.78, 5) is 0. The van der Waals surface area contributed by atoms with E-state index < -0.39 is 34.6 Å². The highest BCUT2D eigenvalue weighted by Gasteiger charge is 2.33. The molecule has 2 rings (SSSR count). The highest BCUT2D eigenvalue weighted by molar-refractivity contribution is 5.63. The third kappa shape index (κ3) is 3.11. The van der Waals surface area contributed by atoms with E-state index in [2.05, 4.69) is 5.32 Å². The molecular weight excluding hydrogens is 291 g/mol. The standard InChI is InChI=1S/C14H7F5N2/c15-11-2-1-3-12(16)13(11)21-9-4-5-10(14(17,18)19)8(6-9)7-20/h1-6,21H. The van der Waals surface area contributed by atoms with Crippen LogP contribution in [0, 0.1) is 23.0 Å². The Morgan fingerprint density at radius 3 is 2.14 bits per heavy atom. The van der Waals surface area contributed by atoms with Crippen LogP contribution in [0.3, 0.4) is 0 Å². The van der Waals surface area contributed by atoms with Crippen LogP contribution in [-0.4, -0.2) is 0 Å². The molecule has 1 N–H and O–H groups in total. The summed E-state index contributed by atoms with van der Waals surface area (Å²) in [7, 11) is 0. The van der Waals surface area contributed by atoms with Gasteiger partial charge in [-0.3, -0.25) is 0 Å². The fourth-order valence-corrected chi connectivity index (χ4v) is 1.72. The number of nitriles is 1. The highest BCUT2D eigenvalue weighted by Crippen LogP contribution is 2.34. The van der Waals surface area contributed by atoms with Crippen molar-refractivity contribution >= 4 is 11.4 Å². The Morgan fingerprint density at radius 2 is 1.62 bits per heavy atom. The number of alkyl halides is 3. The van der Waals surface area contributed by atoms with Gasteiger partial charge in [0.25, 0.3) is 0 Å². The summed E-state index contributed by atoms with van der Waals surface area (Å²) in [5.74, 6) is -1.79. The molecule has 108 valence electrons. The van der Waals surface area contributed by atoms with Crippen LogP contribution >= 0.6 is 0 Å². The van der Waals surface area contributed by atoms with Crippen molar-refractivity contribution in [2.24, 2.45) is 0 Å². The van der Waals surface area contributed by atoms with E-state index in [1.54, 1.807) is 0 Å². The molecule has 2 aromatic rings. The second-order valence-corrected chi connectivity index (χ2v) is 4.09. The maximum atomic E-state index is 13.4. The molecule has 0 saturated carbocycles. The van der Waals surface area contributed by atoms with Crippen LogP contribution in [0.2, 0.25) is 0 Å². The van der Waals surface area contributed by atoms with Gasteiger partial charge >= 0.3 is 6.18 Å². The van der Waals surface area contributed by atoms with Gasteiger partial charge in [-0.05, 0) is 30.3 Å². The second-order valence-electron chi connectivity index (χ2n) is 4.09. The molecule has 0 aliphatic rings. The predicted octanol–water partition coefficient (Wildman–Crippen LogP) is 4.60. The predicted molar refractivity (Wildman–Crippen MR) is 65.8 cm³/mol. The van der Waals surface area contributed by atoms with Crippen LogP contribution in [-0.2, 0) is 6.18 Å². The molecule has 0 heterocycles. The largest absolute Gasteiger partial charge is 0.417 e. The zero-order valence-electron chi connectivity index (χ0n) is 10.3. The summed E-state index contributed by atoms with van der Waals surface area (Å²) in [6, 6.07) is 7.13. The van der Waals surface area contributed by atoms with Crippen LogP contribution in [0.1, 0.15) is 11.1 Å². The van der Waals surface area contributed by atoms with Gasteiger partial charge in [0.2, 0.25) is 0 Å². The Bertz CT molecular complexity index is 696. The quantitative estimate of drug-likeness (QED) is 0.822. The lowest BCUT2D eigenvalue weighted by atomic mass is 10.1. The molecule has 0 atom stereocenters. The van der Waals surface area contributed by atoms with Crippen molar-refractivity contribution in [2.75, 3.05) is 5.32 Å². The lowest BCUT2D eigenvalue weighted by Gasteiger charge is -2.12. The smallest absolute Gasteiger partial charge is 0.351 e. The fraction of sp³-hybridized carbons (Fsp3) is 0.0714. The van der Waals surface area contributed by atoms with E-state index in [1.165, 1.54) is 6.07 Å². The van der Waals surface area contributed by atoms with Gasteiger partial charge in [0.15, 0.2) is 0 Å². The fourth-order valence-electron chi connectivity index (χ4n) is 1.72. The minimum absolute atomic E-state index is 0.0245. The van der Waals surface area contributed by atoms with Gasteiger partial charge < -0.3 is 5.32 Å². The van der Waals surface area contributed by atoms with Gasteiger partial charge in [-0.1, -0.05) is 6.07 Å². The first-order chi connectivity index (χ1) is 9.82. The molecule has 7 heteroatoms. The zero-order chi connectivity index (χ0) is 15.6. The SMILES string of the molecule is N#Cc1cc(Nc2c(F)cccc2F)ccc1C(F)(F)F. The maximum absolute atomic E-state index is 13.4. The van der Waals surface area contributed by atoms with E-state index in [1.807, 2.05) is 0 Å². The first kappa shape index (κ1) is 14.8. The van der Waals surface area contributed by atoms with E-state index in [0.29, 0.717) is 6.07 Å². The van der Waals surface area contributed by atoms with Gasteiger partial charge in [0, 0.05) is 5.69 Å². The third-order valence-electron chi connectivity index (χ3n) is 2.68. The van der Waals surface area contributed by atoms with Crippen LogP contribution in [0.15, 0.2) is 36.4 Å². The molecule has 0 aliphatic heterocycles. The molecule has 21 heavy (non-hydrogen) atoms. The number of hydrogen-bond donors (Lipinski definition) is 1. The molecular formula is C14H7F5N2. The minimum Gasteiger partial charge on any atom is -0.351 e. The number of halogens is 5. The molecule has 0 bridgehead atoms. The van der Waals surface area contributed by atoms with Crippen molar-refractivity contribution in [3.63, 3.8) is 0 Å². The molecule has 0 aromatic heterocycles. The molecule has 0 saturated heterocycles. The minimum atomic E-state index is -4.67. The van der Waals surface area contributed by atoms with Crippen LogP contribution in [0.5, 0.6) is 0 Å². The average Bonchev–Trinajstić information content (AvgIpc) is 2.41. The van der Waals surface area contributed by atoms with Crippen molar-refractivity contribution in [3.05, 3.63) is 59.2 Å². The number of hydrogen-bond acceptors (Lipinski definition) is 2. The number of para-hydroxylation sites is 1. The molecule has 0 radical (unpaired) electrons. The summed E-state index contributed by atoms with van der Waals surface area (Å²) in [5, 5.41) is 11.1. The Labute approximate surface area is 116 Å². The summed E-state index contributed by atoms with van der Waals surface area (Å²) in [6.45, 7) is 0. The van der Waals surface area contributed by atoms with Gasteiger partial charge in [-0.25, -0.2) is 8.78 Å². The Morgan fingerprint density at radius 1 is 1.00 bits per heavy atom. The maximum Gasteiger partial charge on any atom is 0.417 e. The van der Waals surface area contributed by atoms with E-state index in [9.17, 15) is 22.0 Å². The number of anilines is 2. The van der Waals surface area contributed by atoms with Crippen LogP contribution in [0.25, 0.3) is 0 Å². The monoisotopic (exact) mass is 298 g/mol. The van der Waals surface area contributed by atoms with Gasteiger partial charge in [0.05, 0.1) is 17.2 Å². The second kappa shape index (κ2) is 5.40. The van der Waals surface area contributed by atoms with Crippen molar-refractivity contribution in [2.45, 2.75) is 6.18 Å². The van der Waals surface area contributed by atoms with E-state index >= 15 is 0 Å². The lowest BCUT2D eigenvalue weighted by molar-refractivity contribution is -0.137. The molecule has 0 unspecified atom stereocenters. The topological polar surface area (TPSA) is 35.8 Å². The van der Waals surface area contributed by atoms with Crippen LogP contribution in [0.4, 0.5) is 33.3 Å². The summed E-state index contributed by atoms with van der Waals surface area (Å²) in [6.07, 6.45) is -4.67. The lowest BCUT2D eigenvalue weighted by Crippen LogP contribution is -2.08. The van der Waals surface area contributed by atoms with Crippen molar-refractivity contribution in [1.82, 2.24) is 0 Å². The molecule has 0 spiro atoms. The normalized spacial score (nSPS) is 11.0. The summed E-state index contributed by atoms with van der Waals surface area (Å²) in [5.41, 5.74) is -2.27. The summed E-state index contributed by atoms with van der Waals surface area (Å²) >= 11 is 0. The number of benzene rings is 2. The van der Waals surface area contributed by atoms with E-state index in [4.69, 9.17) is 5.26 Å². The molecule has 2 aromatic carbocycles. The van der Waals surface area contributed by atoms with Gasteiger partial charge in [-0.15, -0.1) is 0 Å². The molecule has 0 amide bonds. The first-order valence-corrected chi connectivity index (χ1v) is 5.65. The Balaban J connectivity index is 2.42. The van der Waals surface area contributed by atoms with Crippen molar-refractivity contribution in [1.29, 1.82) is 5.26 Å². The molecule has 2 nitrogen and oxygen atoms in total. The number of rotatable bonds is 2. The van der Waals surface area contributed by atoms with Gasteiger partial charge in [-0.2, -0.15) is 18.4 Å². The van der Waals surface area contributed by atoms with Crippen LogP contribution < -0.4 is 5.32 Å². The summed E-state index contributed by atoms with van der Waals surface area (Å²) < 4.78 is 64.8. The highest BCUT2D eigenvalue weighted by atomic mass is 19.4. The molecule has 0 fully saturated rings. The van der Waals surface area contributed by atoms with Crippen molar-refractivity contribution < 1.29 is 22.0 Å². The van der Waals surface area contributed by atoms with Gasteiger partial charge in [0.1, 0.15) is 17.3 Å². The van der Waals surface area contributed by atoms with E-state index in [-0.39, 0.29) is 5.69 Å². The molecule has 0 aliphatic carbocycles. The zero-order valence-corrected chi connectivity index (χ0v) is 10.3. The third-order valence-corrected chi connectivity index (χ3v) is 2.68. The average molecular weight is 298 g/mol. The number of nitrogens with one attached hydrogen (secondary N) is 1. The number of nitrogens with zero attached hydrogens (tertiary/aromatic N) is 1. The van der Waals surface area contributed by atoms with Crippen molar-refractivity contribution in [3.8, 4) is 6.07 Å².